The molecule has 54 heavy (non-hydrogen) atoms. The molecule has 0 bridgehead atoms. The number of carbonyl (C=O) groups excluding carboxylic acids is 1. The molecular weight excluding hydrogens is 693 g/mol. The first-order chi connectivity index (χ1) is 26.7. The van der Waals surface area contributed by atoms with E-state index in [-0.39, 0.29) is 24.6 Å². The molecule has 1 amide bonds. The van der Waals surface area contributed by atoms with Crippen LogP contribution in [-0.4, -0.2) is 91.4 Å². The Morgan fingerprint density at radius 1 is 0.574 bits per heavy atom. The molecule has 0 aromatic rings. The normalized spacial score (nSPS) is 12.5. The fraction of sp³-hybridized carbons (Fsp3) is 0.891. The number of nitrogens with zero attached hydrogens (tertiary/aromatic N) is 1. The Hall–Kier alpha value is -0.900. The van der Waals surface area contributed by atoms with Crippen LogP contribution in [0.25, 0.3) is 0 Å². The highest BCUT2D eigenvalue weighted by Crippen LogP contribution is 2.13. The zero-order valence-electron chi connectivity index (χ0n) is 35.7. The van der Waals surface area contributed by atoms with E-state index in [0.29, 0.717) is 45.1 Å². The average Bonchev–Trinajstić information content (AvgIpc) is 3.17. The van der Waals surface area contributed by atoms with E-state index in [1.165, 1.54) is 179 Å². The number of ether oxygens (including phenoxy) is 2. The average molecular weight is 783 g/mol. The number of nitrogens with one attached hydrogen (secondary N) is 1. The first-order valence-electron chi connectivity index (χ1n) is 23.0. The number of hydrogen-bond acceptors (Lipinski definition) is 7. The van der Waals surface area contributed by atoms with Gasteiger partial charge in [-0.05, 0) is 64.2 Å². The van der Waals surface area contributed by atoms with Gasteiger partial charge >= 0.3 is 0 Å². The molecule has 0 aromatic carbocycles. The molecule has 3 N–H and O–H groups in total. The second-order valence-electron chi connectivity index (χ2n) is 15.2. The highest BCUT2D eigenvalue weighted by atomic mass is 32.2. The Morgan fingerprint density at radius 3 is 1.43 bits per heavy atom. The van der Waals surface area contributed by atoms with Gasteiger partial charge in [0.1, 0.15) is 0 Å². The van der Waals surface area contributed by atoms with Crippen LogP contribution in [0.4, 0.5) is 4.79 Å². The summed E-state index contributed by atoms with van der Waals surface area (Å²) in [6.07, 6.45) is 45.6. The van der Waals surface area contributed by atoms with Crippen molar-refractivity contribution in [3.63, 3.8) is 0 Å². The molecule has 0 spiro atoms. The molecule has 0 aliphatic carbocycles. The molecule has 0 heterocycles. The standard InChI is InChI=1S/C46H90N2O5S/c1-3-5-7-9-11-13-15-17-19-21-23-25-27-29-31-33-40-52-44-45(43-47-46(51)54-42-37-48(35-38-49)36-39-50)53-41-34-32-30-28-26-24-22-20-18-16-14-12-10-8-6-4-2/h17-20,45,49-50H,3-16,21-44H2,1-2H3,(H,47,51)/b19-17-,20-18-. The van der Waals surface area contributed by atoms with Gasteiger partial charge in [0, 0.05) is 45.1 Å². The molecule has 0 radical (unpaired) electrons. The maximum absolute atomic E-state index is 12.6. The van der Waals surface area contributed by atoms with E-state index in [9.17, 15) is 15.0 Å². The lowest BCUT2D eigenvalue weighted by atomic mass is 10.1. The molecule has 0 saturated heterocycles. The highest BCUT2D eigenvalue weighted by molar-refractivity contribution is 8.13. The van der Waals surface area contributed by atoms with E-state index < -0.39 is 0 Å². The molecule has 1 unspecified atom stereocenters. The molecule has 1 atom stereocenters. The second-order valence-corrected chi connectivity index (χ2v) is 16.3. The summed E-state index contributed by atoms with van der Waals surface area (Å²) in [4.78, 5) is 14.5. The maximum Gasteiger partial charge on any atom is 0.279 e. The molecular formula is C46H90N2O5S. The molecule has 0 rings (SSSR count). The summed E-state index contributed by atoms with van der Waals surface area (Å²) in [5.41, 5.74) is 0. The number of amides is 1. The van der Waals surface area contributed by atoms with Gasteiger partial charge in [-0.1, -0.05) is 165 Å². The Balaban J connectivity index is 4.15. The van der Waals surface area contributed by atoms with E-state index in [0.717, 1.165) is 19.4 Å². The number of aliphatic hydroxyl groups is 2. The van der Waals surface area contributed by atoms with Crippen molar-refractivity contribution < 1.29 is 24.5 Å². The van der Waals surface area contributed by atoms with Crippen molar-refractivity contribution in [3.05, 3.63) is 24.3 Å². The molecule has 320 valence electrons. The van der Waals surface area contributed by atoms with E-state index in [2.05, 4.69) is 43.5 Å². The smallest absolute Gasteiger partial charge is 0.279 e. The molecule has 0 aliphatic rings. The van der Waals surface area contributed by atoms with E-state index in [1.807, 2.05) is 4.90 Å². The fourth-order valence-corrected chi connectivity index (χ4v) is 7.29. The summed E-state index contributed by atoms with van der Waals surface area (Å²) in [7, 11) is 0. The Morgan fingerprint density at radius 2 is 0.981 bits per heavy atom. The largest absolute Gasteiger partial charge is 0.395 e. The zero-order valence-corrected chi connectivity index (χ0v) is 36.5. The number of carbonyl (C=O) groups is 1. The minimum absolute atomic E-state index is 0.0458. The van der Waals surface area contributed by atoms with Crippen molar-refractivity contribution in [2.24, 2.45) is 0 Å². The van der Waals surface area contributed by atoms with Crippen LogP contribution < -0.4 is 5.32 Å². The minimum atomic E-state index is -0.146. The van der Waals surface area contributed by atoms with Crippen LogP contribution in [-0.2, 0) is 9.47 Å². The quantitative estimate of drug-likeness (QED) is 0.0419. The van der Waals surface area contributed by atoms with Gasteiger partial charge in [-0.15, -0.1) is 0 Å². The van der Waals surface area contributed by atoms with Gasteiger partial charge in [-0.3, -0.25) is 9.69 Å². The van der Waals surface area contributed by atoms with Gasteiger partial charge < -0.3 is 25.0 Å². The molecule has 0 aromatic heterocycles. The minimum Gasteiger partial charge on any atom is -0.395 e. The van der Waals surface area contributed by atoms with Crippen LogP contribution >= 0.6 is 11.8 Å². The number of aliphatic hydroxyl groups excluding tert-OH is 2. The molecule has 0 fully saturated rings. The van der Waals surface area contributed by atoms with Crippen molar-refractivity contribution in [1.29, 1.82) is 0 Å². The van der Waals surface area contributed by atoms with Crippen LogP contribution in [0.15, 0.2) is 24.3 Å². The summed E-state index contributed by atoms with van der Waals surface area (Å²) in [6.45, 7) is 8.69. The third kappa shape index (κ3) is 42.2. The Bertz CT molecular complexity index is 793. The summed E-state index contributed by atoms with van der Waals surface area (Å²) in [5, 5.41) is 21.4. The van der Waals surface area contributed by atoms with Gasteiger partial charge in [-0.25, -0.2) is 0 Å². The predicted octanol–water partition coefficient (Wildman–Crippen LogP) is 12.2. The van der Waals surface area contributed by atoms with Crippen LogP contribution in [0.3, 0.4) is 0 Å². The number of hydrogen-bond donors (Lipinski definition) is 3. The van der Waals surface area contributed by atoms with Gasteiger partial charge in [0.05, 0.1) is 25.9 Å². The molecule has 7 nitrogen and oxygen atoms in total. The maximum atomic E-state index is 12.6. The lowest BCUT2D eigenvalue weighted by Gasteiger charge is -2.20. The summed E-state index contributed by atoms with van der Waals surface area (Å²) >= 11 is 1.24. The molecule has 8 heteroatoms. The fourth-order valence-electron chi connectivity index (χ4n) is 6.57. The van der Waals surface area contributed by atoms with Gasteiger partial charge in [-0.2, -0.15) is 0 Å². The van der Waals surface area contributed by atoms with E-state index in [1.54, 1.807) is 0 Å². The third-order valence-electron chi connectivity index (χ3n) is 10.1. The third-order valence-corrected chi connectivity index (χ3v) is 10.9. The van der Waals surface area contributed by atoms with Gasteiger partial charge in [0.15, 0.2) is 0 Å². The zero-order chi connectivity index (χ0) is 39.3. The summed E-state index contributed by atoms with van der Waals surface area (Å²) in [6, 6.07) is 0. The van der Waals surface area contributed by atoms with E-state index in [4.69, 9.17) is 9.47 Å². The highest BCUT2D eigenvalue weighted by Gasteiger charge is 2.13. The molecule has 0 aliphatic heterocycles. The number of thioether (sulfide) groups is 1. The van der Waals surface area contributed by atoms with Crippen molar-refractivity contribution in [3.8, 4) is 0 Å². The van der Waals surface area contributed by atoms with Crippen LogP contribution in [0.1, 0.15) is 194 Å². The Labute approximate surface area is 339 Å². The SMILES string of the molecule is CCCCCCCC/C=C\CCCCCCCCOCC(CNC(=O)SCCN(CCO)CCO)OCCCCCCCC/C=C\CCCCCCCC. The van der Waals surface area contributed by atoms with E-state index >= 15 is 0 Å². The number of unbranched alkanes of at least 4 members (excludes halogenated alkanes) is 24. The van der Waals surface area contributed by atoms with Gasteiger partial charge in [0.25, 0.3) is 5.24 Å². The number of rotatable bonds is 44. The predicted molar refractivity (Wildman–Crippen MR) is 236 cm³/mol. The monoisotopic (exact) mass is 783 g/mol. The first-order valence-corrected chi connectivity index (χ1v) is 24.0. The summed E-state index contributed by atoms with van der Waals surface area (Å²) < 4.78 is 12.3. The van der Waals surface area contributed by atoms with Crippen LogP contribution in [0.2, 0.25) is 0 Å². The van der Waals surface area contributed by atoms with Crippen molar-refractivity contribution >= 4 is 17.0 Å². The molecule has 0 saturated carbocycles. The van der Waals surface area contributed by atoms with Crippen LogP contribution in [0.5, 0.6) is 0 Å². The van der Waals surface area contributed by atoms with Gasteiger partial charge in [0.2, 0.25) is 0 Å². The Kier molecular flexibility index (Phi) is 45.7. The summed E-state index contributed by atoms with van der Waals surface area (Å²) in [5.74, 6) is 0.610. The number of allylic oxidation sites excluding steroid dienone is 4. The van der Waals surface area contributed by atoms with Crippen molar-refractivity contribution in [2.45, 2.75) is 200 Å². The topological polar surface area (TPSA) is 91.3 Å². The second kappa shape index (κ2) is 46.5. The lowest BCUT2D eigenvalue weighted by Crippen LogP contribution is -2.36. The first kappa shape index (κ1) is 53.1. The lowest BCUT2D eigenvalue weighted by molar-refractivity contribution is -0.0160. The van der Waals surface area contributed by atoms with Crippen molar-refractivity contribution in [1.82, 2.24) is 10.2 Å². The van der Waals surface area contributed by atoms with Crippen molar-refractivity contribution in [2.75, 3.05) is 65.0 Å². The van der Waals surface area contributed by atoms with Crippen LogP contribution in [0, 0.1) is 0 Å².